The topological polar surface area (TPSA) is 86.4 Å². The van der Waals surface area contributed by atoms with E-state index in [4.69, 9.17) is 14.1 Å². The fourth-order valence-electron chi connectivity index (χ4n) is 4.60. The average molecular weight is 478 g/mol. The van der Waals surface area contributed by atoms with Crippen LogP contribution in [0.4, 0.5) is 5.69 Å². The number of furan rings is 1. The lowest BCUT2D eigenvalue weighted by molar-refractivity contribution is -0.113. The second-order valence-electron chi connectivity index (χ2n) is 8.83. The summed E-state index contributed by atoms with van der Waals surface area (Å²) in [7, 11) is 0. The smallest absolute Gasteiger partial charge is 0.297 e. The molecule has 7 nitrogen and oxygen atoms in total. The van der Waals surface area contributed by atoms with Crippen molar-refractivity contribution < 1.29 is 13.9 Å². The van der Waals surface area contributed by atoms with Crippen LogP contribution < -0.4 is 10.9 Å². The van der Waals surface area contributed by atoms with Crippen LogP contribution in [0.1, 0.15) is 29.5 Å². The largest absolute Gasteiger partial charge is 0.448 e. The van der Waals surface area contributed by atoms with Crippen LogP contribution >= 0.6 is 11.8 Å². The lowest BCUT2D eigenvalue weighted by Crippen LogP contribution is -2.29. The molecule has 1 N–H and O–H groups in total. The Morgan fingerprint density at radius 2 is 1.97 bits per heavy atom. The molecule has 1 aliphatic rings. The van der Waals surface area contributed by atoms with Gasteiger partial charge in [-0.25, -0.2) is 4.98 Å². The number of nitrogens with one attached hydrogen (secondary N) is 1. The lowest BCUT2D eigenvalue weighted by atomic mass is 10.1. The number of para-hydroxylation sites is 1. The number of amides is 1. The highest BCUT2D eigenvalue weighted by Crippen LogP contribution is 2.28. The number of fused-ring (bicyclic) bond motifs is 3. The molecule has 0 saturated carbocycles. The number of anilines is 1. The van der Waals surface area contributed by atoms with Gasteiger partial charge in [-0.15, -0.1) is 0 Å². The molecule has 1 amide bonds. The number of benzene rings is 2. The van der Waals surface area contributed by atoms with Crippen molar-refractivity contribution in [2.75, 3.05) is 17.7 Å². The molecule has 2 aromatic heterocycles. The Morgan fingerprint density at radius 3 is 2.71 bits per heavy atom. The van der Waals surface area contributed by atoms with Crippen LogP contribution in [0.5, 0.6) is 0 Å². The molecule has 34 heavy (non-hydrogen) atoms. The molecule has 1 aliphatic heterocycles. The number of aromatic nitrogens is 2. The maximum Gasteiger partial charge on any atom is 0.297 e. The molecule has 0 bridgehead atoms. The number of thioether (sulfide) groups is 1. The molecule has 1 unspecified atom stereocenters. The SMILES string of the molecule is Cc1cc(C)c(NC(=O)CSc2nc3c(oc4ccccc43)c(=O)n2CC2CCCO2)c(C)c1. The zero-order valence-electron chi connectivity index (χ0n) is 19.5. The molecule has 0 spiro atoms. The molecule has 176 valence electrons. The summed E-state index contributed by atoms with van der Waals surface area (Å²) in [5, 5.41) is 4.31. The van der Waals surface area contributed by atoms with E-state index >= 15 is 0 Å². The van der Waals surface area contributed by atoms with E-state index in [1.165, 1.54) is 11.8 Å². The van der Waals surface area contributed by atoms with E-state index in [9.17, 15) is 9.59 Å². The first kappa shape index (κ1) is 22.7. The Morgan fingerprint density at radius 1 is 1.21 bits per heavy atom. The van der Waals surface area contributed by atoms with Crippen LogP contribution in [0.2, 0.25) is 0 Å². The van der Waals surface area contributed by atoms with Gasteiger partial charge >= 0.3 is 0 Å². The fourth-order valence-corrected chi connectivity index (χ4v) is 5.40. The van der Waals surface area contributed by atoms with E-state index in [0.29, 0.717) is 29.4 Å². The molecular weight excluding hydrogens is 450 g/mol. The molecule has 5 rings (SSSR count). The Hall–Kier alpha value is -3.10. The molecule has 3 heterocycles. The first-order chi connectivity index (χ1) is 16.4. The average Bonchev–Trinajstić information content (AvgIpc) is 3.45. The highest BCUT2D eigenvalue weighted by molar-refractivity contribution is 7.99. The summed E-state index contributed by atoms with van der Waals surface area (Å²) in [4.78, 5) is 31.1. The molecule has 0 aliphatic carbocycles. The van der Waals surface area contributed by atoms with Gasteiger partial charge in [0.2, 0.25) is 11.5 Å². The molecule has 1 fully saturated rings. The van der Waals surface area contributed by atoms with E-state index in [1.807, 2.05) is 45.0 Å². The first-order valence-electron chi connectivity index (χ1n) is 11.4. The van der Waals surface area contributed by atoms with Crippen molar-refractivity contribution in [1.29, 1.82) is 0 Å². The second kappa shape index (κ2) is 9.27. The minimum absolute atomic E-state index is 0.0487. The van der Waals surface area contributed by atoms with Crippen molar-refractivity contribution >= 4 is 45.4 Å². The van der Waals surface area contributed by atoms with Crippen molar-refractivity contribution in [2.24, 2.45) is 0 Å². The van der Waals surface area contributed by atoms with E-state index in [0.717, 1.165) is 40.6 Å². The van der Waals surface area contributed by atoms with Crippen LogP contribution in [-0.4, -0.2) is 33.9 Å². The highest BCUT2D eigenvalue weighted by Gasteiger charge is 2.23. The maximum atomic E-state index is 13.4. The summed E-state index contributed by atoms with van der Waals surface area (Å²) < 4.78 is 13.2. The molecule has 1 atom stereocenters. The zero-order chi connectivity index (χ0) is 23.8. The zero-order valence-corrected chi connectivity index (χ0v) is 20.3. The van der Waals surface area contributed by atoms with Crippen LogP contribution in [-0.2, 0) is 16.1 Å². The number of hydrogen-bond acceptors (Lipinski definition) is 6. The number of hydrogen-bond donors (Lipinski definition) is 1. The third-order valence-corrected chi connectivity index (χ3v) is 7.11. The predicted octanol–water partition coefficient (Wildman–Crippen LogP) is 4.98. The summed E-state index contributed by atoms with van der Waals surface area (Å²) >= 11 is 1.26. The molecular formula is C26H27N3O4S. The van der Waals surface area contributed by atoms with Gasteiger partial charge in [-0.05, 0) is 56.9 Å². The monoisotopic (exact) mass is 477 g/mol. The number of carbonyl (C=O) groups excluding carboxylic acids is 1. The summed E-state index contributed by atoms with van der Waals surface area (Å²) in [6, 6.07) is 11.6. The molecule has 2 aromatic carbocycles. The van der Waals surface area contributed by atoms with Crippen molar-refractivity contribution in [3.63, 3.8) is 0 Å². The van der Waals surface area contributed by atoms with Crippen LogP contribution in [0.15, 0.2) is 50.8 Å². The minimum Gasteiger partial charge on any atom is -0.448 e. The second-order valence-corrected chi connectivity index (χ2v) is 9.77. The van der Waals surface area contributed by atoms with Gasteiger partial charge in [0.05, 0.1) is 18.4 Å². The van der Waals surface area contributed by atoms with Gasteiger partial charge in [-0.2, -0.15) is 0 Å². The Balaban J connectivity index is 1.46. The van der Waals surface area contributed by atoms with Gasteiger partial charge in [0.15, 0.2) is 5.16 Å². The number of aryl methyl sites for hydroxylation is 3. The molecule has 0 radical (unpaired) electrons. The van der Waals surface area contributed by atoms with E-state index in [1.54, 1.807) is 4.57 Å². The number of carbonyl (C=O) groups is 1. The quantitative estimate of drug-likeness (QED) is 0.311. The maximum absolute atomic E-state index is 13.4. The molecule has 4 aromatic rings. The molecule has 1 saturated heterocycles. The van der Waals surface area contributed by atoms with Crippen molar-refractivity contribution in [2.45, 2.75) is 51.4 Å². The minimum atomic E-state index is -0.246. The van der Waals surface area contributed by atoms with Gasteiger partial charge in [-0.3, -0.25) is 14.2 Å². The van der Waals surface area contributed by atoms with E-state index < -0.39 is 0 Å². The number of nitrogens with zero attached hydrogens (tertiary/aromatic N) is 2. The van der Waals surface area contributed by atoms with Gasteiger partial charge in [0.25, 0.3) is 5.56 Å². The van der Waals surface area contributed by atoms with Gasteiger partial charge < -0.3 is 14.5 Å². The Labute approximate surface area is 201 Å². The van der Waals surface area contributed by atoms with Gasteiger partial charge in [-0.1, -0.05) is 41.6 Å². The standard InChI is InChI=1S/C26H27N3O4S/c1-15-11-16(2)22(17(3)12-15)27-21(30)14-34-26-28-23-19-8-4-5-9-20(19)33-24(23)25(31)29(26)13-18-7-6-10-32-18/h4-5,8-9,11-12,18H,6-7,10,13-14H2,1-3H3,(H,27,30). The number of ether oxygens (including phenoxy) is 1. The lowest BCUT2D eigenvalue weighted by Gasteiger charge is -2.16. The number of rotatable bonds is 6. The summed E-state index contributed by atoms with van der Waals surface area (Å²) in [5.41, 5.74) is 5.17. The fraction of sp³-hybridized carbons (Fsp3) is 0.346. The van der Waals surface area contributed by atoms with Crippen LogP contribution in [0.25, 0.3) is 22.1 Å². The van der Waals surface area contributed by atoms with Crippen molar-refractivity contribution in [3.05, 3.63) is 63.4 Å². The van der Waals surface area contributed by atoms with E-state index in [2.05, 4.69) is 17.4 Å². The van der Waals surface area contributed by atoms with Crippen molar-refractivity contribution in [3.8, 4) is 0 Å². The molecule has 8 heteroatoms. The van der Waals surface area contributed by atoms with Gasteiger partial charge in [0.1, 0.15) is 11.1 Å². The predicted molar refractivity (Wildman–Crippen MR) is 135 cm³/mol. The first-order valence-corrected chi connectivity index (χ1v) is 12.4. The summed E-state index contributed by atoms with van der Waals surface area (Å²) in [6.07, 6.45) is 1.81. The van der Waals surface area contributed by atoms with Crippen LogP contribution in [0, 0.1) is 20.8 Å². The third-order valence-electron chi connectivity index (χ3n) is 6.13. The van der Waals surface area contributed by atoms with Crippen molar-refractivity contribution in [1.82, 2.24) is 9.55 Å². The highest BCUT2D eigenvalue weighted by atomic mass is 32.2. The third kappa shape index (κ3) is 4.35. The summed E-state index contributed by atoms with van der Waals surface area (Å²) in [5.74, 6) is -0.0124. The Kier molecular flexibility index (Phi) is 6.18. The Bertz CT molecular complexity index is 1430. The summed E-state index contributed by atoms with van der Waals surface area (Å²) in [6.45, 7) is 7.10. The normalized spacial score (nSPS) is 15.9. The van der Waals surface area contributed by atoms with Gasteiger partial charge in [0, 0.05) is 17.7 Å². The van der Waals surface area contributed by atoms with Crippen LogP contribution in [0.3, 0.4) is 0 Å². The van der Waals surface area contributed by atoms with E-state index in [-0.39, 0.29) is 28.9 Å².